The molecule has 5 rings (SSSR count). The van der Waals surface area contributed by atoms with Crippen LogP contribution in [-0.4, -0.2) is 89.3 Å². The van der Waals surface area contributed by atoms with E-state index in [-0.39, 0.29) is 29.9 Å². The van der Waals surface area contributed by atoms with Gasteiger partial charge in [0.1, 0.15) is 17.7 Å². The monoisotopic (exact) mass is 618 g/mol. The third-order valence-corrected chi connectivity index (χ3v) is 8.47. The van der Waals surface area contributed by atoms with Gasteiger partial charge in [-0.05, 0) is 56.7 Å². The molecule has 0 bridgehead atoms. The van der Waals surface area contributed by atoms with Crippen LogP contribution in [0.25, 0.3) is 0 Å². The Morgan fingerprint density at radius 2 is 1.69 bits per heavy atom. The van der Waals surface area contributed by atoms with Crippen LogP contribution in [0.2, 0.25) is 0 Å². The van der Waals surface area contributed by atoms with Crippen molar-refractivity contribution in [2.24, 2.45) is 0 Å². The lowest BCUT2D eigenvalue weighted by atomic mass is 9.99. The summed E-state index contributed by atoms with van der Waals surface area (Å²) in [5, 5.41) is 7.90. The molecule has 1 saturated heterocycles. The first-order valence-electron chi connectivity index (χ1n) is 15.5. The van der Waals surface area contributed by atoms with Gasteiger partial charge in [0.2, 0.25) is 17.6 Å². The first kappa shape index (κ1) is 31.8. The number of fused-ring (bicyclic) bond motifs is 2. The quantitative estimate of drug-likeness (QED) is 0.446. The van der Waals surface area contributed by atoms with Crippen molar-refractivity contribution in [2.45, 2.75) is 64.1 Å². The lowest BCUT2D eigenvalue weighted by Crippen LogP contribution is -2.53. The summed E-state index contributed by atoms with van der Waals surface area (Å²) < 4.78 is 18.3. The Morgan fingerprint density at radius 3 is 2.42 bits per heavy atom. The smallest absolute Gasteiger partial charge is 0.257 e. The number of hydrogen-bond acceptors (Lipinski definition) is 8. The zero-order chi connectivity index (χ0) is 31.9. The van der Waals surface area contributed by atoms with E-state index in [9.17, 15) is 14.4 Å². The molecule has 1 fully saturated rings. The Hall–Kier alpha value is -4.61. The van der Waals surface area contributed by atoms with Crippen molar-refractivity contribution in [3.8, 4) is 17.2 Å². The van der Waals surface area contributed by atoms with Crippen molar-refractivity contribution < 1.29 is 28.6 Å². The number of ether oxygens (including phenoxy) is 3. The maximum absolute atomic E-state index is 14.1. The number of hydrogen-bond donors (Lipinski definition) is 1. The average molecular weight is 619 g/mol. The molecule has 2 atom stereocenters. The summed E-state index contributed by atoms with van der Waals surface area (Å²) in [4.78, 5) is 49.6. The standard InChI is InChI=1S/C33H42N6O6/c1-22-34-31-25(21-23-11-6-5-7-12-23)35-32(41)26-13-8-9-18-38(26)28(40)14-10-17-37(19-20-39(31)36-22)33(42)24-15-16-27(43-2)30(45-4)29(24)44-3/h5-7,11-12,15-16,25-26H,8-10,13-14,17-21H2,1-4H3,(H,35,41)/t25-,26+/m1/s1. The number of nitrogens with zero attached hydrogens (tertiary/aromatic N) is 5. The summed E-state index contributed by atoms with van der Waals surface area (Å²) >= 11 is 0. The fourth-order valence-corrected chi connectivity index (χ4v) is 6.26. The molecule has 0 aliphatic carbocycles. The first-order chi connectivity index (χ1) is 21.8. The molecule has 0 radical (unpaired) electrons. The summed E-state index contributed by atoms with van der Waals surface area (Å²) in [7, 11) is 4.50. The maximum Gasteiger partial charge on any atom is 0.257 e. The molecule has 2 aromatic carbocycles. The molecular weight excluding hydrogens is 576 g/mol. The molecule has 0 unspecified atom stereocenters. The number of rotatable bonds is 6. The molecule has 12 heteroatoms. The summed E-state index contributed by atoms with van der Waals surface area (Å²) in [5.74, 6) is 1.69. The number of methoxy groups -OCH3 is 3. The van der Waals surface area contributed by atoms with Gasteiger partial charge in [-0.2, -0.15) is 5.10 Å². The SMILES string of the molecule is COc1ccc(C(=O)N2CCCC(=O)N3CCCC[C@H]3C(=O)N[C@H](Cc3ccccc3)c3nc(C)nn3CC2)c(OC)c1OC. The first-order valence-corrected chi connectivity index (χ1v) is 15.5. The lowest BCUT2D eigenvalue weighted by molar-refractivity contribution is -0.142. The summed E-state index contributed by atoms with van der Waals surface area (Å²) in [6.45, 7) is 3.29. The highest BCUT2D eigenvalue weighted by atomic mass is 16.5. The molecule has 0 saturated carbocycles. The third-order valence-electron chi connectivity index (χ3n) is 8.47. The van der Waals surface area contributed by atoms with Crippen LogP contribution in [0.1, 0.15) is 65.7 Å². The Balaban J connectivity index is 1.52. The van der Waals surface area contributed by atoms with E-state index in [0.717, 1.165) is 18.4 Å². The minimum atomic E-state index is -0.557. The summed E-state index contributed by atoms with van der Waals surface area (Å²) in [6.07, 6.45) is 3.47. The summed E-state index contributed by atoms with van der Waals surface area (Å²) in [5.41, 5.74) is 1.35. The third kappa shape index (κ3) is 7.05. The molecule has 2 aliphatic rings. The number of nitrogens with one attached hydrogen (secondary N) is 1. The van der Waals surface area contributed by atoms with E-state index < -0.39 is 12.1 Å². The Morgan fingerprint density at radius 1 is 0.911 bits per heavy atom. The maximum atomic E-state index is 14.1. The molecule has 3 amide bonds. The number of amides is 3. The Bertz CT molecular complexity index is 1510. The molecule has 45 heavy (non-hydrogen) atoms. The zero-order valence-electron chi connectivity index (χ0n) is 26.5. The van der Waals surface area contributed by atoms with Crippen LogP contribution in [-0.2, 0) is 22.6 Å². The van der Waals surface area contributed by atoms with Crippen LogP contribution in [0.5, 0.6) is 17.2 Å². The van der Waals surface area contributed by atoms with Crippen LogP contribution >= 0.6 is 0 Å². The number of benzene rings is 2. The summed E-state index contributed by atoms with van der Waals surface area (Å²) in [6, 6.07) is 12.2. The van der Waals surface area contributed by atoms with Crippen molar-refractivity contribution in [1.29, 1.82) is 0 Å². The zero-order valence-corrected chi connectivity index (χ0v) is 26.5. The predicted molar refractivity (Wildman–Crippen MR) is 166 cm³/mol. The van der Waals surface area contributed by atoms with E-state index in [1.165, 1.54) is 21.3 Å². The number of carbonyl (C=O) groups is 3. The van der Waals surface area contributed by atoms with Gasteiger partial charge in [0.25, 0.3) is 5.91 Å². The van der Waals surface area contributed by atoms with E-state index >= 15 is 0 Å². The van der Waals surface area contributed by atoms with Crippen molar-refractivity contribution >= 4 is 17.7 Å². The highest BCUT2D eigenvalue weighted by Gasteiger charge is 2.35. The largest absolute Gasteiger partial charge is 0.493 e. The number of aromatic nitrogens is 3. The van der Waals surface area contributed by atoms with Crippen LogP contribution < -0.4 is 19.5 Å². The number of carbonyl (C=O) groups excluding carboxylic acids is 3. The number of piperidine rings is 1. The van der Waals surface area contributed by atoms with Gasteiger partial charge in [-0.15, -0.1) is 0 Å². The van der Waals surface area contributed by atoms with Gasteiger partial charge in [0.05, 0.1) is 39.5 Å². The molecule has 3 aromatic rings. The van der Waals surface area contributed by atoms with E-state index in [1.54, 1.807) is 26.6 Å². The second-order valence-corrected chi connectivity index (χ2v) is 11.4. The van der Waals surface area contributed by atoms with E-state index in [0.29, 0.717) is 74.2 Å². The highest BCUT2D eigenvalue weighted by Crippen LogP contribution is 2.40. The molecule has 0 spiro atoms. The second-order valence-electron chi connectivity index (χ2n) is 11.4. The Labute approximate surface area is 263 Å². The molecule has 3 heterocycles. The van der Waals surface area contributed by atoms with Crippen LogP contribution in [0.15, 0.2) is 42.5 Å². The van der Waals surface area contributed by atoms with Crippen molar-refractivity contribution in [2.75, 3.05) is 41.0 Å². The average Bonchev–Trinajstić information content (AvgIpc) is 3.44. The predicted octanol–water partition coefficient (Wildman–Crippen LogP) is 3.33. The van der Waals surface area contributed by atoms with Gasteiger partial charge in [0, 0.05) is 26.1 Å². The van der Waals surface area contributed by atoms with Gasteiger partial charge in [-0.25, -0.2) is 9.67 Å². The van der Waals surface area contributed by atoms with Gasteiger partial charge in [-0.3, -0.25) is 14.4 Å². The van der Waals surface area contributed by atoms with E-state index in [2.05, 4.69) is 10.4 Å². The lowest BCUT2D eigenvalue weighted by Gasteiger charge is -2.36. The molecule has 12 nitrogen and oxygen atoms in total. The van der Waals surface area contributed by atoms with E-state index in [4.69, 9.17) is 19.2 Å². The fourth-order valence-electron chi connectivity index (χ4n) is 6.26. The minimum absolute atomic E-state index is 0.0818. The van der Waals surface area contributed by atoms with E-state index in [1.807, 2.05) is 37.3 Å². The van der Waals surface area contributed by atoms with Gasteiger partial charge in [0.15, 0.2) is 11.5 Å². The van der Waals surface area contributed by atoms with Gasteiger partial charge in [-0.1, -0.05) is 30.3 Å². The molecule has 2 aliphatic heterocycles. The normalized spacial score (nSPS) is 19.6. The molecular formula is C33H42N6O6. The van der Waals surface area contributed by atoms with Crippen molar-refractivity contribution in [3.05, 3.63) is 65.2 Å². The van der Waals surface area contributed by atoms with Crippen LogP contribution in [0.3, 0.4) is 0 Å². The highest BCUT2D eigenvalue weighted by molar-refractivity contribution is 5.98. The minimum Gasteiger partial charge on any atom is -0.493 e. The number of aryl methyl sites for hydroxylation is 1. The van der Waals surface area contributed by atoms with Crippen molar-refractivity contribution in [1.82, 2.24) is 29.9 Å². The van der Waals surface area contributed by atoms with Crippen LogP contribution in [0.4, 0.5) is 0 Å². The second kappa shape index (κ2) is 14.4. The van der Waals surface area contributed by atoms with Crippen molar-refractivity contribution in [3.63, 3.8) is 0 Å². The fraction of sp³-hybridized carbons (Fsp3) is 0.485. The molecule has 1 aromatic heterocycles. The van der Waals surface area contributed by atoms with Gasteiger partial charge >= 0.3 is 0 Å². The Kier molecular flexibility index (Phi) is 10.2. The topological polar surface area (TPSA) is 128 Å². The van der Waals surface area contributed by atoms with Gasteiger partial charge < -0.3 is 29.3 Å². The molecule has 240 valence electrons. The van der Waals surface area contributed by atoms with Crippen LogP contribution in [0, 0.1) is 6.92 Å². The molecule has 1 N–H and O–H groups in total.